The number of anilines is 3. The highest BCUT2D eigenvalue weighted by molar-refractivity contribution is 5.63. The van der Waals surface area contributed by atoms with Crippen molar-refractivity contribution in [3.8, 4) is 11.4 Å². The lowest BCUT2D eigenvalue weighted by Crippen LogP contribution is -2.55. The van der Waals surface area contributed by atoms with Crippen LogP contribution in [-0.2, 0) is 7.05 Å². The second kappa shape index (κ2) is 10.4. The maximum atomic E-state index is 15.3. The number of halogens is 2. The first-order chi connectivity index (χ1) is 20.1. The number of nitrogens with one attached hydrogen (secondary N) is 2. The Bertz CT molecular complexity index is 1560. The van der Waals surface area contributed by atoms with Crippen molar-refractivity contribution >= 4 is 17.5 Å². The molecule has 2 aliphatic rings. The van der Waals surface area contributed by atoms with Gasteiger partial charge in [0.2, 0.25) is 5.95 Å². The lowest BCUT2D eigenvalue weighted by atomic mass is 9.84. The minimum absolute atomic E-state index is 0.0268. The second-order valence-electron chi connectivity index (χ2n) is 11.3. The van der Waals surface area contributed by atoms with Crippen molar-refractivity contribution in [2.75, 3.05) is 23.8 Å². The average molecular weight is 563 g/mol. The van der Waals surface area contributed by atoms with E-state index in [0.717, 1.165) is 34.5 Å². The smallest absolute Gasteiger partial charge is 0.368 e. The van der Waals surface area contributed by atoms with E-state index in [-0.39, 0.29) is 54.0 Å². The molecule has 14 heteroatoms. The molecular weight excluding hydrogens is 524 g/mol. The molecule has 3 N–H and O–H groups in total. The van der Waals surface area contributed by atoms with Crippen molar-refractivity contribution in [2.45, 2.75) is 76.5 Å². The summed E-state index contributed by atoms with van der Waals surface area (Å²) in [5.74, 6) is -1.95. The van der Waals surface area contributed by atoms with Gasteiger partial charge in [0.25, 0.3) is 0 Å². The highest BCUT2D eigenvalue weighted by atomic mass is 19.1. The molecule has 0 aliphatic carbocycles. The Hall–Kier alpha value is -3.65. The molecule has 2 fully saturated rings. The number of nitrogens with zero attached hydrogens (tertiary/aromatic N) is 7. The number of aromatic nitrogens is 6. The summed E-state index contributed by atoms with van der Waals surface area (Å²) in [6.45, 7) is 3.00. The van der Waals surface area contributed by atoms with Crippen molar-refractivity contribution in [3.63, 3.8) is 0 Å². The van der Waals surface area contributed by atoms with Gasteiger partial charge in [0.05, 0.1) is 17.5 Å². The van der Waals surface area contributed by atoms with Crippen molar-refractivity contribution in [1.29, 1.82) is 0 Å². The van der Waals surface area contributed by atoms with Crippen molar-refractivity contribution < 1.29 is 22.7 Å². The van der Waals surface area contributed by atoms with E-state index < -0.39 is 35.3 Å². The molecule has 0 spiro atoms. The Morgan fingerprint density at radius 3 is 2.80 bits per heavy atom. The van der Waals surface area contributed by atoms with Crippen LogP contribution >= 0.6 is 0 Å². The van der Waals surface area contributed by atoms with E-state index in [1.165, 1.54) is 27.0 Å². The van der Waals surface area contributed by atoms with E-state index in [4.69, 9.17) is 8.85 Å². The first-order valence-corrected chi connectivity index (χ1v) is 13.1. The van der Waals surface area contributed by atoms with Gasteiger partial charge in [-0.3, -0.25) is 4.90 Å². The van der Waals surface area contributed by atoms with Gasteiger partial charge in [-0.1, -0.05) is 0 Å². The Kier molecular flexibility index (Phi) is 6.28. The van der Waals surface area contributed by atoms with E-state index in [0.29, 0.717) is 13.0 Å². The standard InChI is InChI=1S/C26H35F2N9O3/c1-25(2)12-15(9-16-7-6-8-36(16)25)30-22-18(28)13-29-23(32-22)31-19-11-20(37-24(38)35(5)33-34-37)21(10-17(19)27)40-14-26(3,4)39/h10-11,13,15-16,39H,6-9,12,14H2,1-5H3,(H2,29,30,31,32)/t15-,16+/m1/s1/i1D3/t15-,16+,25?. The quantitative estimate of drug-likeness (QED) is 0.376. The van der Waals surface area contributed by atoms with Crippen LogP contribution in [0.1, 0.15) is 57.4 Å². The molecule has 5 rings (SSSR count). The first kappa shape index (κ1) is 24.2. The number of hydrogen-bond acceptors (Lipinski definition) is 10. The van der Waals surface area contributed by atoms with E-state index in [1.54, 1.807) is 6.92 Å². The number of aryl methyl sites for hydroxylation is 1. The van der Waals surface area contributed by atoms with Gasteiger partial charge >= 0.3 is 5.69 Å². The Morgan fingerprint density at radius 2 is 2.10 bits per heavy atom. The highest BCUT2D eigenvalue weighted by Crippen LogP contribution is 2.38. The summed E-state index contributed by atoms with van der Waals surface area (Å²) in [4.78, 5) is 22.8. The topological polar surface area (TPSA) is 135 Å². The van der Waals surface area contributed by atoms with Crippen LogP contribution < -0.4 is 21.1 Å². The molecule has 40 heavy (non-hydrogen) atoms. The summed E-state index contributed by atoms with van der Waals surface area (Å²) in [7, 11) is 1.39. The Balaban J connectivity index is 1.43. The van der Waals surface area contributed by atoms with Gasteiger partial charge in [-0.15, -0.1) is 0 Å². The zero-order valence-electron chi connectivity index (χ0n) is 25.8. The molecule has 1 unspecified atom stereocenters. The van der Waals surface area contributed by atoms with Gasteiger partial charge in [0.15, 0.2) is 17.5 Å². The minimum Gasteiger partial charge on any atom is -0.488 e. The van der Waals surface area contributed by atoms with Gasteiger partial charge < -0.3 is 20.5 Å². The van der Waals surface area contributed by atoms with E-state index in [9.17, 15) is 14.3 Å². The molecule has 4 heterocycles. The molecular formula is C26H35F2N9O3. The van der Waals surface area contributed by atoms with Gasteiger partial charge in [0.1, 0.15) is 18.0 Å². The number of rotatable bonds is 8. The van der Waals surface area contributed by atoms with Crippen molar-refractivity contribution in [2.24, 2.45) is 7.05 Å². The SMILES string of the molecule is [2H]C([2H])([2H])C1(C)C[C@H](Nc2nc(Nc3cc(-n4nnn(C)c4=O)c(OCC(C)(C)O)cc3F)ncc2F)C[C@@H]2CCCN21. The molecule has 12 nitrogen and oxygen atoms in total. The molecule has 3 atom stereocenters. The van der Waals surface area contributed by atoms with E-state index in [1.807, 2.05) is 0 Å². The largest absolute Gasteiger partial charge is 0.488 e. The van der Waals surface area contributed by atoms with Crippen molar-refractivity contribution in [3.05, 3.63) is 40.4 Å². The van der Waals surface area contributed by atoms with Gasteiger partial charge in [-0.25, -0.2) is 18.6 Å². The molecule has 2 aliphatic heterocycles. The number of piperidine rings is 1. The molecule has 1 aromatic carbocycles. The fourth-order valence-corrected chi connectivity index (χ4v) is 5.33. The summed E-state index contributed by atoms with van der Waals surface area (Å²) >= 11 is 0. The summed E-state index contributed by atoms with van der Waals surface area (Å²) in [5.41, 5.74) is -3.11. The van der Waals surface area contributed by atoms with Gasteiger partial charge in [-0.2, -0.15) is 14.3 Å². The summed E-state index contributed by atoms with van der Waals surface area (Å²) in [6, 6.07) is 1.93. The summed E-state index contributed by atoms with van der Waals surface area (Å²) in [6.07, 6.45) is 3.56. The van der Waals surface area contributed by atoms with E-state index in [2.05, 4.69) is 35.9 Å². The molecule has 3 aromatic rings. The van der Waals surface area contributed by atoms with Crippen LogP contribution in [0.15, 0.2) is 23.1 Å². The van der Waals surface area contributed by atoms with Crippen LogP contribution in [-0.4, -0.2) is 76.1 Å². The average Bonchev–Trinajstić information content (AvgIpc) is 3.52. The van der Waals surface area contributed by atoms with Crippen LogP contribution in [0.2, 0.25) is 0 Å². The predicted octanol–water partition coefficient (Wildman–Crippen LogP) is 2.74. The minimum atomic E-state index is -2.24. The van der Waals surface area contributed by atoms with Crippen LogP contribution in [0.4, 0.5) is 26.2 Å². The molecule has 2 aromatic heterocycles. The number of aliphatic hydroxyl groups is 1. The Labute approximate surface area is 234 Å². The molecule has 0 amide bonds. The predicted molar refractivity (Wildman–Crippen MR) is 144 cm³/mol. The van der Waals surface area contributed by atoms with Crippen LogP contribution in [0, 0.1) is 11.6 Å². The molecule has 0 bridgehead atoms. The zero-order valence-corrected chi connectivity index (χ0v) is 22.8. The molecule has 216 valence electrons. The fourth-order valence-electron chi connectivity index (χ4n) is 5.33. The molecule has 0 radical (unpaired) electrons. The number of fused-ring (bicyclic) bond motifs is 1. The third-order valence-electron chi connectivity index (χ3n) is 7.12. The van der Waals surface area contributed by atoms with Gasteiger partial charge in [0, 0.05) is 34.8 Å². The monoisotopic (exact) mass is 562 g/mol. The van der Waals surface area contributed by atoms with Crippen molar-refractivity contribution in [1.82, 2.24) is 34.7 Å². The number of hydrogen-bond donors (Lipinski definition) is 3. The third-order valence-corrected chi connectivity index (χ3v) is 7.12. The number of benzene rings is 1. The fraction of sp³-hybridized carbons (Fsp3) is 0.577. The van der Waals surface area contributed by atoms with Crippen LogP contribution in [0.3, 0.4) is 0 Å². The first-order valence-electron chi connectivity index (χ1n) is 14.6. The van der Waals surface area contributed by atoms with E-state index >= 15 is 4.39 Å². The molecule has 2 saturated heterocycles. The zero-order chi connectivity index (χ0) is 31.3. The normalized spacial score (nSPS) is 24.6. The highest BCUT2D eigenvalue weighted by Gasteiger charge is 2.43. The second-order valence-corrected chi connectivity index (χ2v) is 11.3. The maximum absolute atomic E-state index is 15.3. The lowest BCUT2D eigenvalue weighted by Gasteiger charge is -2.47. The van der Waals surface area contributed by atoms with Crippen LogP contribution in [0.5, 0.6) is 5.75 Å². The number of tetrazole rings is 1. The lowest BCUT2D eigenvalue weighted by molar-refractivity contribution is 0.0283. The molecule has 0 saturated carbocycles. The number of ether oxygens (including phenoxy) is 1. The third kappa shape index (κ3) is 5.77. The summed E-state index contributed by atoms with van der Waals surface area (Å²) in [5, 5.41) is 23.4. The maximum Gasteiger partial charge on any atom is 0.368 e. The Morgan fingerprint density at radius 1 is 1.30 bits per heavy atom. The van der Waals surface area contributed by atoms with Crippen LogP contribution in [0.25, 0.3) is 5.69 Å². The summed E-state index contributed by atoms with van der Waals surface area (Å²) < 4.78 is 62.3. The van der Waals surface area contributed by atoms with Gasteiger partial charge in [-0.05, 0) is 76.3 Å².